The van der Waals surface area contributed by atoms with Crippen molar-refractivity contribution in [1.82, 2.24) is 0 Å². The van der Waals surface area contributed by atoms with Gasteiger partial charge in [0.05, 0.1) is 12.2 Å². The van der Waals surface area contributed by atoms with Crippen molar-refractivity contribution in [3.63, 3.8) is 0 Å². The number of esters is 1. The van der Waals surface area contributed by atoms with E-state index in [1.54, 1.807) is 24.3 Å². The molecule has 2 aromatic carbocycles. The molecule has 3 aromatic rings. The standard InChI is InChI=1S/C21H21NO5/c1-13-9-17-15(11-20(24)27-19(17)10-14(13)2)12-26-21(25)16-5-3-4-6-18(16)22-7-8-23/h3-6,9-11,22-23H,7-8,12H2,1-2H3. The van der Waals surface area contributed by atoms with Crippen LogP contribution in [0.3, 0.4) is 0 Å². The average molecular weight is 367 g/mol. The first-order valence-corrected chi connectivity index (χ1v) is 8.64. The molecule has 2 N–H and O–H groups in total. The number of anilines is 1. The largest absolute Gasteiger partial charge is 0.457 e. The van der Waals surface area contributed by atoms with Gasteiger partial charge in [-0.25, -0.2) is 9.59 Å². The van der Waals surface area contributed by atoms with Gasteiger partial charge in [-0.1, -0.05) is 12.1 Å². The molecule has 0 radical (unpaired) electrons. The van der Waals surface area contributed by atoms with Crippen LogP contribution in [0.1, 0.15) is 27.0 Å². The van der Waals surface area contributed by atoms with E-state index in [1.165, 1.54) is 6.07 Å². The van der Waals surface area contributed by atoms with Gasteiger partial charge in [-0.3, -0.25) is 0 Å². The number of fused-ring (bicyclic) bond motifs is 1. The van der Waals surface area contributed by atoms with Crippen molar-refractivity contribution < 1.29 is 19.1 Å². The first-order chi connectivity index (χ1) is 13.0. The maximum absolute atomic E-state index is 12.5. The minimum absolute atomic E-state index is 0.0439. The van der Waals surface area contributed by atoms with Gasteiger partial charge in [0.15, 0.2) is 0 Å². The lowest BCUT2D eigenvalue weighted by atomic mass is 10.0. The van der Waals surface area contributed by atoms with E-state index in [4.69, 9.17) is 14.3 Å². The Morgan fingerprint density at radius 3 is 2.67 bits per heavy atom. The maximum atomic E-state index is 12.5. The minimum atomic E-state index is -0.513. The van der Waals surface area contributed by atoms with Crippen molar-refractivity contribution in [1.29, 1.82) is 0 Å². The molecule has 0 amide bonds. The summed E-state index contributed by atoms with van der Waals surface area (Å²) < 4.78 is 10.7. The summed E-state index contributed by atoms with van der Waals surface area (Å²) in [5.41, 5.74) is 3.61. The molecule has 0 aliphatic heterocycles. The summed E-state index contributed by atoms with van der Waals surface area (Å²) in [5, 5.41) is 12.7. The molecule has 0 saturated heterocycles. The molecular formula is C21H21NO5. The van der Waals surface area contributed by atoms with Crippen molar-refractivity contribution in [3.05, 3.63) is 75.1 Å². The summed E-state index contributed by atoms with van der Waals surface area (Å²) >= 11 is 0. The van der Waals surface area contributed by atoms with Crippen LogP contribution in [0.4, 0.5) is 5.69 Å². The van der Waals surface area contributed by atoms with Gasteiger partial charge in [-0.05, 0) is 49.2 Å². The lowest BCUT2D eigenvalue weighted by Gasteiger charge is -2.12. The third-order valence-electron chi connectivity index (χ3n) is 4.38. The highest BCUT2D eigenvalue weighted by atomic mass is 16.5. The number of ether oxygens (including phenoxy) is 1. The first-order valence-electron chi connectivity index (χ1n) is 8.64. The second-order valence-corrected chi connectivity index (χ2v) is 6.30. The number of para-hydroxylation sites is 1. The lowest BCUT2D eigenvalue weighted by Crippen LogP contribution is -2.13. The van der Waals surface area contributed by atoms with Gasteiger partial charge in [0.1, 0.15) is 12.2 Å². The van der Waals surface area contributed by atoms with Crippen molar-refractivity contribution in [2.45, 2.75) is 20.5 Å². The van der Waals surface area contributed by atoms with Crippen LogP contribution in [0.25, 0.3) is 11.0 Å². The summed E-state index contributed by atoms with van der Waals surface area (Å²) in [5.74, 6) is -0.513. The van der Waals surface area contributed by atoms with E-state index in [-0.39, 0.29) is 13.2 Å². The van der Waals surface area contributed by atoms with Crippen molar-refractivity contribution in [3.8, 4) is 0 Å². The van der Waals surface area contributed by atoms with Crippen LogP contribution < -0.4 is 10.9 Å². The topological polar surface area (TPSA) is 88.8 Å². The zero-order chi connectivity index (χ0) is 19.4. The van der Waals surface area contributed by atoms with Crippen LogP contribution in [0.2, 0.25) is 0 Å². The monoisotopic (exact) mass is 367 g/mol. The van der Waals surface area contributed by atoms with E-state index in [0.29, 0.717) is 28.9 Å². The van der Waals surface area contributed by atoms with Crippen molar-refractivity contribution in [2.75, 3.05) is 18.5 Å². The van der Waals surface area contributed by atoms with E-state index in [2.05, 4.69) is 5.32 Å². The number of nitrogens with one attached hydrogen (secondary N) is 1. The predicted octanol–water partition coefficient (Wildman–Crippen LogP) is 3.17. The van der Waals surface area contributed by atoms with E-state index < -0.39 is 11.6 Å². The van der Waals surface area contributed by atoms with E-state index in [1.807, 2.05) is 26.0 Å². The van der Waals surface area contributed by atoms with Crippen LogP contribution in [0, 0.1) is 13.8 Å². The van der Waals surface area contributed by atoms with E-state index in [9.17, 15) is 9.59 Å². The fraction of sp³-hybridized carbons (Fsp3) is 0.238. The number of aliphatic hydroxyl groups is 1. The van der Waals surface area contributed by atoms with Crippen LogP contribution >= 0.6 is 0 Å². The SMILES string of the molecule is Cc1cc2oc(=O)cc(COC(=O)c3ccccc3NCCO)c2cc1C. The third-order valence-corrected chi connectivity index (χ3v) is 4.38. The van der Waals surface area contributed by atoms with Gasteiger partial charge in [-0.2, -0.15) is 0 Å². The Bertz CT molecular complexity index is 1040. The molecule has 0 aliphatic carbocycles. The Morgan fingerprint density at radius 2 is 1.89 bits per heavy atom. The molecule has 0 unspecified atom stereocenters. The second-order valence-electron chi connectivity index (χ2n) is 6.30. The summed E-state index contributed by atoms with van der Waals surface area (Å²) in [6, 6.07) is 12.0. The zero-order valence-corrected chi connectivity index (χ0v) is 15.2. The van der Waals surface area contributed by atoms with Gasteiger partial charge < -0.3 is 19.6 Å². The lowest BCUT2D eigenvalue weighted by molar-refractivity contribution is 0.0475. The van der Waals surface area contributed by atoms with Gasteiger partial charge in [0.25, 0.3) is 0 Å². The zero-order valence-electron chi connectivity index (χ0n) is 15.2. The molecule has 0 fully saturated rings. The number of hydrogen-bond donors (Lipinski definition) is 2. The smallest absolute Gasteiger partial charge is 0.340 e. The average Bonchev–Trinajstić information content (AvgIpc) is 2.65. The Labute approximate surface area is 156 Å². The molecule has 6 heteroatoms. The quantitative estimate of drug-likeness (QED) is 0.514. The summed E-state index contributed by atoms with van der Waals surface area (Å²) in [6.45, 7) is 4.15. The van der Waals surface area contributed by atoms with Crippen molar-refractivity contribution >= 4 is 22.6 Å². The number of carbonyl (C=O) groups is 1. The molecular weight excluding hydrogens is 346 g/mol. The molecule has 0 aliphatic rings. The summed E-state index contributed by atoms with van der Waals surface area (Å²) in [7, 11) is 0. The molecule has 140 valence electrons. The minimum Gasteiger partial charge on any atom is -0.457 e. The van der Waals surface area contributed by atoms with Crippen LogP contribution in [-0.4, -0.2) is 24.2 Å². The number of aliphatic hydroxyl groups excluding tert-OH is 1. The van der Waals surface area contributed by atoms with Gasteiger partial charge in [0.2, 0.25) is 0 Å². The highest BCUT2D eigenvalue weighted by Gasteiger charge is 2.14. The maximum Gasteiger partial charge on any atom is 0.340 e. The van der Waals surface area contributed by atoms with Gasteiger partial charge in [-0.15, -0.1) is 0 Å². The van der Waals surface area contributed by atoms with Crippen LogP contribution in [0.15, 0.2) is 51.7 Å². The number of carbonyl (C=O) groups excluding carboxylic acids is 1. The van der Waals surface area contributed by atoms with E-state index >= 15 is 0 Å². The van der Waals surface area contributed by atoms with Crippen LogP contribution in [0.5, 0.6) is 0 Å². The Kier molecular flexibility index (Phi) is 5.57. The molecule has 0 bridgehead atoms. The molecule has 1 heterocycles. The summed E-state index contributed by atoms with van der Waals surface area (Å²) in [4.78, 5) is 24.4. The molecule has 3 rings (SSSR count). The molecule has 0 atom stereocenters. The number of rotatable bonds is 6. The fourth-order valence-corrected chi connectivity index (χ4v) is 2.83. The van der Waals surface area contributed by atoms with Crippen LogP contribution in [-0.2, 0) is 11.3 Å². The molecule has 0 saturated carbocycles. The van der Waals surface area contributed by atoms with Gasteiger partial charge in [0, 0.05) is 29.2 Å². The molecule has 0 spiro atoms. The Balaban J connectivity index is 1.86. The predicted molar refractivity (Wildman–Crippen MR) is 103 cm³/mol. The highest BCUT2D eigenvalue weighted by Crippen LogP contribution is 2.23. The fourth-order valence-electron chi connectivity index (χ4n) is 2.83. The summed E-state index contributed by atoms with van der Waals surface area (Å²) in [6.07, 6.45) is 0. The first kappa shape index (κ1) is 18.7. The normalized spacial score (nSPS) is 10.8. The molecule has 1 aromatic heterocycles. The number of aryl methyl sites for hydroxylation is 2. The number of hydrogen-bond acceptors (Lipinski definition) is 6. The highest BCUT2D eigenvalue weighted by molar-refractivity contribution is 5.95. The number of benzene rings is 2. The van der Waals surface area contributed by atoms with Crippen molar-refractivity contribution in [2.24, 2.45) is 0 Å². The Hall–Kier alpha value is -3.12. The Morgan fingerprint density at radius 1 is 1.15 bits per heavy atom. The van der Waals surface area contributed by atoms with E-state index in [0.717, 1.165) is 16.5 Å². The second kappa shape index (κ2) is 8.05. The third kappa shape index (κ3) is 4.17. The molecule has 27 heavy (non-hydrogen) atoms. The van der Waals surface area contributed by atoms with Gasteiger partial charge >= 0.3 is 11.6 Å². The molecule has 6 nitrogen and oxygen atoms in total.